The van der Waals surface area contributed by atoms with Gasteiger partial charge in [-0.2, -0.15) is 0 Å². The van der Waals surface area contributed by atoms with Crippen LogP contribution in [0, 0.1) is 11.6 Å². The minimum Gasteiger partial charge on any atom is -0.375 e. The fourth-order valence-electron chi connectivity index (χ4n) is 1.47. The fraction of sp³-hybridized carbons (Fsp3) is 0.400. The maximum absolute atomic E-state index is 13.4. The maximum Gasteiger partial charge on any atom is 0.146 e. The molecule has 0 unspecified atom stereocenters. The lowest BCUT2D eigenvalue weighted by Gasteiger charge is -2.18. The molecule has 0 saturated carbocycles. The van der Waals surface area contributed by atoms with Crippen LogP contribution in [-0.2, 0) is 11.3 Å². The van der Waals surface area contributed by atoms with Crippen LogP contribution < -0.4 is 10.8 Å². The summed E-state index contributed by atoms with van der Waals surface area (Å²) in [6.07, 6.45) is 0.244. The Balaban J connectivity index is 3.13. The first kappa shape index (κ1) is 11.9. The highest BCUT2D eigenvalue weighted by atomic mass is 19.1. The zero-order chi connectivity index (χ0) is 11.4. The molecule has 0 heterocycles. The Bertz CT molecular complexity index is 342. The van der Waals surface area contributed by atoms with E-state index in [0.29, 0.717) is 0 Å². The number of nitrogens with two attached hydrogens (primary N) is 1. The Morgan fingerprint density at radius 2 is 1.87 bits per heavy atom. The van der Waals surface area contributed by atoms with E-state index in [-0.39, 0.29) is 24.3 Å². The Morgan fingerprint density at radius 3 is 2.40 bits per heavy atom. The molecule has 0 aliphatic heterocycles. The van der Waals surface area contributed by atoms with Crippen LogP contribution in [-0.4, -0.2) is 20.7 Å². The van der Waals surface area contributed by atoms with Crippen molar-refractivity contribution in [2.24, 2.45) is 5.90 Å². The highest BCUT2D eigenvalue weighted by molar-refractivity contribution is 5.54. The highest BCUT2D eigenvalue weighted by Gasteiger charge is 2.14. The van der Waals surface area contributed by atoms with Gasteiger partial charge in [-0.3, -0.25) is 0 Å². The van der Waals surface area contributed by atoms with E-state index >= 15 is 0 Å². The van der Waals surface area contributed by atoms with Crippen molar-refractivity contribution in [3.8, 4) is 0 Å². The van der Waals surface area contributed by atoms with Gasteiger partial charge in [0.2, 0.25) is 0 Å². The lowest BCUT2D eigenvalue weighted by Crippen LogP contribution is -2.16. The molecule has 0 radical (unpaired) electrons. The zero-order valence-corrected chi connectivity index (χ0v) is 8.76. The van der Waals surface area contributed by atoms with Crippen LogP contribution in [0.15, 0.2) is 12.1 Å². The molecule has 15 heavy (non-hydrogen) atoms. The minimum atomic E-state index is -0.451. The molecular formula is C10H14F2N2O. The molecule has 3 nitrogen and oxygen atoms in total. The van der Waals surface area contributed by atoms with Gasteiger partial charge in [-0.05, 0) is 12.1 Å². The summed E-state index contributed by atoms with van der Waals surface area (Å²) in [5, 5.41) is 0. The van der Waals surface area contributed by atoms with Gasteiger partial charge in [-0.25, -0.2) is 14.7 Å². The lowest BCUT2D eigenvalue weighted by molar-refractivity contribution is 0.140. The second-order valence-electron chi connectivity index (χ2n) is 3.37. The molecule has 5 heteroatoms. The van der Waals surface area contributed by atoms with E-state index in [2.05, 4.69) is 4.84 Å². The number of anilines is 1. The van der Waals surface area contributed by atoms with Gasteiger partial charge < -0.3 is 9.74 Å². The molecule has 0 atom stereocenters. The summed E-state index contributed by atoms with van der Waals surface area (Å²) >= 11 is 0. The molecule has 0 amide bonds. The number of hydrogen-bond acceptors (Lipinski definition) is 3. The van der Waals surface area contributed by atoms with Gasteiger partial charge in [-0.15, -0.1) is 0 Å². The van der Waals surface area contributed by atoms with Gasteiger partial charge in [0, 0.05) is 26.1 Å². The second kappa shape index (κ2) is 5.04. The Morgan fingerprint density at radius 1 is 1.27 bits per heavy atom. The van der Waals surface area contributed by atoms with Crippen LogP contribution in [0.1, 0.15) is 5.56 Å². The number of benzene rings is 1. The summed E-state index contributed by atoms with van der Waals surface area (Å²) in [5.41, 5.74) is 0.525. The standard InChI is InChI=1S/C10H14F2N2O/c1-14(2)10-7(5-6-15-13)8(11)3-4-9(10)12/h3-4H,5-6,13H2,1-2H3. The normalized spacial score (nSPS) is 10.5. The van der Waals surface area contributed by atoms with Crippen LogP contribution in [0.2, 0.25) is 0 Å². The highest BCUT2D eigenvalue weighted by Crippen LogP contribution is 2.25. The molecule has 0 bridgehead atoms. The van der Waals surface area contributed by atoms with E-state index in [9.17, 15) is 8.78 Å². The molecule has 2 N–H and O–H groups in total. The van der Waals surface area contributed by atoms with Gasteiger partial charge in [-0.1, -0.05) is 0 Å². The molecule has 0 fully saturated rings. The van der Waals surface area contributed by atoms with Gasteiger partial charge >= 0.3 is 0 Å². The van der Waals surface area contributed by atoms with E-state index in [0.717, 1.165) is 12.1 Å². The van der Waals surface area contributed by atoms with Crippen LogP contribution in [0.4, 0.5) is 14.5 Å². The van der Waals surface area contributed by atoms with Gasteiger partial charge in [0.05, 0.1) is 12.3 Å². The summed E-state index contributed by atoms with van der Waals surface area (Å²) in [4.78, 5) is 5.90. The summed E-state index contributed by atoms with van der Waals surface area (Å²) in [7, 11) is 3.31. The predicted octanol–water partition coefficient (Wildman–Crippen LogP) is 1.46. The Hall–Kier alpha value is -1.20. The van der Waals surface area contributed by atoms with Crippen LogP contribution >= 0.6 is 0 Å². The minimum absolute atomic E-state index is 0.154. The summed E-state index contributed by atoms with van der Waals surface area (Å²) in [5.74, 6) is 3.96. The van der Waals surface area contributed by atoms with Gasteiger partial charge in [0.25, 0.3) is 0 Å². The summed E-state index contributed by atoms with van der Waals surface area (Å²) in [6.45, 7) is 0.154. The predicted molar refractivity (Wildman–Crippen MR) is 54.5 cm³/mol. The molecule has 0 spiro atoms. The quantitative estimate of drug-likeness (QED) is 0.774. The smallest absolute Gasteiger partial charge is 0.146 e. The van der Waals surface area contributed by atoms with Crippen LogP contribution in [0.5, 0.6) is 0 Å². The van der Waals surface area contributed by atoms with E-state index < -0.39 is 11.6 Å². The molecular weight excluding hydrogens is 202 g/mol. The zero-order valence-electron chi connectivity index (χ0n) is 8.76. The molecule has 0 aromatic heterocycles. The third-order valence-corrected chi connectivity index (χ3v) is 2.09. The number of hydrogen-bond donors (Lipinski definition) is 1. The van der Waals surface area contributed by atoms with Crippen LogP contribution in [0.3, 0.4) is 0 Å². The van der Waals surface area contributed by atoms with Crippen molar-refractivity contribution in [3.63, 3.8) is 0 Å². The SMILES string of the molecule is CN(C)c1c(F)ccc(F)c1CCON. The number of nitrogens with zero attached hydrogens (tertiary/aromatic N) is 1. The molecule has 0 aliphatic carbocycles. The second-order valence-corrected chi connectivity index (χ2v) is 3.37. The van der Waals surface area contributed by atoms with Crippen molar-refractivity contribution in [3.05, 3.63) is 29.3 Å². The first-order valence-electron chi connectivity index (χ1n) is 4.53. The molecule has 84 valence electrons. The average Bonchev–Trinajstić information content (AvgIpc) is 2.18. The molecule has 1 aromatic rings. The van der Waals surface area contributed by atoms with Crippen molar-refractivity contribution in [1.82, 2.24) is 0 Å². The molecule has 0 aliphatic rings. The van der Waals surface area contributed by atoms with Crippen molar-refractivity contribution in [2.45, 2.75) is 6.42 Å². The van der Waals surface area contributed by atoms with E-state index in [1.165, 1.54) is 4.90 Å². The fourth-order valence-corrected chi connectivity index (χ4v) is 1.47. The molecule has 1 rings (SSSR count). The van der Waals surface area contributed by atoms with Crippen molar-refractivity contribution >= 4 is 5.69 Å². The largest absolute Gasteiger partial charge is 0.375 e. The first-order chi connectivity index (χ1) is 7.07. The third-order valence-electron chi connectivity index (χ3n) is 2.09. The van der Waals surface area contributed by atoms with E-state index in [1.807, 2.05) is 0 Å². The average molecular weight is 216 g/mol. The summed E-state index contributed by atoms with van der Waals surface area (Å²) < 4.78 is 26.9. The Kier molecular flexibility index (Phi) is 3.99. The van der Waals surface area contributed by atoms with Crippen molar-refractivity contribution < 1.29 is 13.6 Å². The van der Waals surface area contributed by atoms with Crippen LogP contribution in [0.25, 0.3) is 0 Å². The topological polar surface area (TPSA) is 38.5 Å². The first-order valence-corrected chi connectivity index (χ1v) is 4.53. The molecule has 0 saturated heterocycles. The molecule has 1 aromatic carbocycles. The van der Waals surface area contributed by atoms with E-state index in [4.69, 9.17) is 5.90 Å². The van der Waals surface area contributed by atoms with Gasteiger partial charge in [0.1, 0.15) is 11.6 Å². The maximum atomic E-state index is 13.4. The van der Waals surface area contributed by atoms with Gasteiger partial charge in [0.15, 0.2) is 0 Å². The Labute approximate surface area is 87.4 Å². The van der Waals surface area contributed by atoms with Crippen molar-refractivity contribution in [2.75, 3.05) is 25.6 Å². The summed E-state index contributed by atoms with van der Waals surface area (Å²) in [6, 6.07) is 2.21. The lowest BCUT2D eigenvalue weighted by atomic mass is 10.1. The monoisotopic (exact) mass is 216 g/mol. The number of rotatable bonds is 4. The third kappa shape index (κ3) is 2.64. The van der Waals surface area contributed by atoms with Crippen molar-refractivity contribution in [1.29, 1.82) is 0 Å². The van der Waals surface area contributed by atoms with E-state index in [1.54, 1.807) is 14.1 Å². The number of halogens is 2.